The average Bonchev–Trinajstić information content (AvgIpc) is 2.64. The number of halogens is 3. The number of fused-ring (bicyclic) bond motifs is 1. The summed E-state index contributed by atoms with van der Waals surface area (Å²) in [5.41, 5.74) is 2.64. The summed E-state index contributed by atoms with van der Waals surface area (Å²) in [5.74, 6) is 0.346. The van der Waals surface area contributed by atoms with Crippen LogP contribution in [0.25, 0.3) is 0 Å². The number of benzene rings is 1. The second-order valence-electron chi connectivity index (χ2n) is 7.30. The van der Waals surface area contributed by atoms with E-state index in [4.69, 9.17) is 0 Å². The summed E-state index contributed by atoms with van der Waals surface area (Å²) >= 11 is 0. The molecule has 0 saturated carbocycles. The number of aryl methyl sites for hydroxylation is 1. The fraction of sp³-hybridized carbons (Fsp3) is 0.600. The number of nitrogens with one attached hydrogen (secondary N) is 2. The lowest BCUT2D eigenvalue weighted by Gasteiger charge is -2.27. The number of aliphatic imine (C=N–C) groups is 1. The largest absolute Gasteiger partial charge is 0.389 e. The minimum absolute atomic E-state index is 0.00576. The van der Waals surface area contributed by atoms with Crippen molar-refractivity contribution in [3.8, 4) is 0 Å². The minimum Gasteiger partial charge on any atom is -0.356 e. The predicted molar refractivity (Wildman–Crippen MR) is 104 cm³/mol. The van der Waals surface area contributed by atoms with Gasteiger partial charge in [0, 0.05) is 33.1 Å². The van der Waals surface area contributed by atoms with Crippen LogP contribution in [-0.2, 0) is 17.6 Å². The number of carbonyl (C=O) groups excluding carboxylic acids is 1. The van der Waals surface area contributed by atoms with Gasteiger partial charge in [0.25, 0.3) is 0 Å². The Morgan fingerprint density at radius 3 is 2.61 bits per heavy atom. The van der Waals surface area contributed by atoms with E-state index in [0.29, 0.717) is 18.9 Å². The van der Waals surface area contributed by atoms with E-state index in [9.17, 15) is 18.0 Å². The van der Waals surface area contributed by atoms with E-state index in [1.165, 1.54) is 16.0 Å². The fourth-order valence-electron chi connectivity index (χ4n) is 3.11. The number of unbranched alkanes of at least 4 members (excludes halogenated alkanes) is 1. The third-order valence-corrected chi connectivity index (χ3v) is 4.74. The summed E-state index contributed by atoms with van der Waals surface area (Å²) < 4.78 is 36.8. The molecule has 0 aliphatic heterocycles. The van der Waals surface area contributed by atoms with Gasteiger partial charge in [-0.3, -0.25) is 4.79 Å². The van der Waals surface area contributed by atoms with Crippen LogP contribution in [-0.4, -0.2) is 56.2 Å². The van der Waals surface area contributed by atoms with Crippen LogP contribution < -0.4 is 10.6 Å². The van der Waals surface area contributed by atoms with Gasteiger partial charge in [-0.1, -0.05) is 24.3 Å². The first kappa shape index (κ1) is 22.0. The van der Waals surface area contributed by atoms with Crippen LogP contribution >= 0.6 is 0 Å². The Kier molecular flexibility index (Phi) is 8.14. The molecule has 1 aromatic rings. The molecular formula is C20H29F3N4O. The zero-order chi connectivity index (χ0) is 20.6. The Bertz CT molecular complexity index is 674. The number of nitrogens with zero attached hydrogens (tertiary/aromatic N) is 2. The highest BCUT2D eigenvalue weighted by Crippen LogP contribution is 2.22. The highest BCUT2D eigenvalue weighted by atomic mass is 19.4. The molecule has 1 unspecified atom stereocenters. The monoisotopic (exact) mass is 398 g/mol. The summed E-state index contributed by atoms with van der Waals surface area (Å²) in [6, 6.07) is 8.47. The van der Waals surface area contributed by atoms with Crippen molar-refractivity contribution in [2.75, 3.05) is 27.2 Å². The molecule has 0 aromatic heterocycles. The zero-order valence-electron chi connectivity index (χ0n) is 16.5. The summed E-state index contributed by atoms with van der Waals surface area (Å²) in [6.07, 6.45) is -1.70. The molecule has 0 fully saturated rings. The Morgan fingerprint density at radius 2 is 1.93 bits per heavy atom. The van der Waals surface area contributed by atoms with E-state index in [1.807, 2.05) is 12.1 Å². The van der Waals surface area contributed by atoms with E-state index in [0.717, 1.165) is 19.3 Å². The molecule has 1 aliphatic carbocycles. The number of amides is 1. The number of hydrogen-bond acceptors (Lipinski definition) is 2. The molecule has 1 aromatic carbocycles. The Balaban J connectivity index is 1.90. The highest BCUT2D eigenvalue weighted by molar-refractivity contribution is 5.85. The molecule has 0 radical (unpaired) electrons. The molecule has 0 heterocycles. The van der Waals surface area contributed by atoms with Crippen molar-refractivity contribution in [1.29, 1.82) is 0 Å². The van der Waals surface area contributed by atoms with Gasteiger partial charge < -0.3 is 15.5 Å². The standard InChI is InChI=1S/C20H29F3N4O/c1-27(2)18(28)14-25-19(24-12-6-5-11-20(21,22)23)26-17-10-9-15-7-3-4-8-16(15)13-17/h3-4,7-8,17H,5-6,9-14H2,1-2H3,(H2,24,25,26). The topological polar surface area (TPSA) is 56.7 Å². The van der Waals surface area contributed by atoms with Crippen LogP contribution in [0.3, 0.4) is 0 Å². The summed E-state index contributed by atoms with van der Waals surface area (Å²) in [4.78, 5) is 17.6. The molecule has 5 nitrogen and oxygen atoms in total. The second kappa shape index (κ2) is 10.3. The minimum atomic E-state index is -4.12. The molecule has 2 rings (SSSR count). The van der Waals surface area contributed by atoms with Gasteiger partial charge in [0.05, 0.1) is 0 Å². The predicted octanol–water partition coefficient (Wildman–Crippen LogP) is 2.90. The van der Waals surface area contributed by atoms with Gasteiger partial charge in [0.1, 0.15) is 6.54 Å². The van der Waals surface area contributed by atoms with E-state index in [2.05, 4.69) is 27.8 Å². The first-order valence-electron chi connectivity index (χ1n) is 9.63. The maximum absolute atomic E-state index is 12.3. The molecule has 1 aliphatic rings. The van der Waals surface area contributed by atoms with Crippen molar-refractivity contribution < 1.29 is 18.0 Å². The third-order valence-electron chi connectivity index (χ3n) is 4.74. The Morgan fingerprint density at radius 1 is 1.21 bits per heavy atom. The van der Waals surface area contributed by atoms with E-state index in [1.54, 1.807) is 14.1 Å². The molecule has 28 heavy (non-hydrogen) atoms. The van der Waals surface area contributed by atoms with Gasteiger partial charge in [0.2, 0.25) is 5.91 Å². The summed E-state index contributed by atoms with van der Waals surface area (Å²) in [5, 5.41) is 6.42. The van der Waals surface area contributed by atoms with Crippen molar-refractivity contribution in [3.63, 3.8) is 0 Å². The molecular weight excluding hydrogens is 369 g/mol. The maximum Gasteiger partial charge on any atom is 0.389 e. The zero-order valence-corrected chi connectivity index (χ0v) is 16.5. The van der Waals surface area contributed by atoms with Crippen molar-refractivity contribution >= 4 is 11.9 Å². The van der Waals surface area contributed by atoms with E-state index < -0.39 is 12.6 Å². The van der Waals surface area contributed by atoms with E-state index in [-0.39, 0.29) is 24.9 Å². The third kappa shape index (κ3) is 7.78. The SMILES string of the molecule is CN(C)C(=O)CN=C(NCCCCC(F)(F)F)NC1CCc2ccccc2C1. The summed E-state index contributed by atoms with van der Waals surface area (Å²) in [6.45, 7) is 0.371. The molecule has 0 spiro atoms. The first-order valence-corrected chi connectivity index (χ1v) is 9.63. The van der Waals surface area contributed by atoms with Gasteiger partial charge in [-0.2, -0.15) is 13.2 Å². The highest BCUT2D eigenvalue weighted by Gasteiger charge is 2.25. The molecule has 0 bridgehead atoms. The van der Waals surface area contributed by atoms with Crippen molar-refractivity contribution in [1.82, 2.24) is 15.5 Å². The van der Waals surface area contributed by atoms with E-state index >= 15 is 0 Å². The normalized spacial score (nSPS) is 17.0. The molecule has 0 saturated heterocycles. The summed E-state index contributed by atoms with van der Waals surface area (Å²) in [7, 11) is 3.32. The number of rotatable bonds is 7. The maximum atomic E-state index is 12.3. The van der Waals surface area contributed by atoms with Crippen LogP contribution in [0.4, 0.5) is 13.2 Å². The lowest BCUT2D eigenvalue weighted by atomic mass is 9.88. The van der Waals surface area contributed by atoms with Crippen molar-refractivity contribution in [2.24, 2.45) is 4.99 Å². The number of hydrogen-bond donors (Lipinski definition) is 2. The average molecular weight is 398 g/mol. The molecule has 1 amide bonds. The smallest absolute Gasteiger partial charge is 0.356 e. The number of alkyl halides is 3. The quantitative estimate of drug-likeness (QED) is 0.422. The van der Waals surface area contributed by atoms with Gasteiger partial charge in [0.15, 0.2) is 5.96 Å². The van der Waals surface area contributed by atoms with Gasteiger partial charge in [-0.15, -0.1) is 0 Å². The van der Waals surface area contributed by atoms with Gasteiger partial charge >= 0.3 is 6.18 Å². The lowest BCUT2D eigenvalue weighted by molar-refractivity contribution is -0.135. The Hall–Kier alpha value is -2.25. The molecule has 2 N–H and O–H groups in total. The van der Waals surface area contributed by atoms with Crippen LogP contribution in [0, 0.1) is 0 Å². The van der Waals surface area contributed by atoms with Crippen molar-refractivity contribution in [2.45, 2.75) is 50.7 Å². The van der Waals surface area contributed by atoms with Gasteiger partial charge in [-0.05, 0) is 43.2 Å². The number of likely N-dealkylation sites (N-methyl/N-ethyl adjacent to an activating group) is 1. The molecule has 8 heteroatoms. The fourth-order valence-corrected chi connectivity index (χ4v) is 3.11. The van der Waals surface area contributed by atoms with Crippen LogP contribution in [0.2, 0.25) is 0 Å². The lowest BCUT2D eigenvalue weighted by Crippen LogP contribution is -2.46. The van der Waals surface area contributed by atoms with Gasteiger partial charge in [-0.25, -0.2) is 4.99 Å². The van der Waals surface area contributed by atoms with Crippen LogP contribution in [0.15, 0.2) is 29.3 Å². The Labute approximate surface area is 164 Å². The second-order valence-corrected chi connectivity index (χ2v) is 7.30. The van der Waals surface area contributed by atoms with Crippen LogP contribution in [0.5, 0.6) is 0 Å². The van der Waals surface area contributed by atoms with Crippen LogP contribution in [0.1, 0.15) is 36.8 Å². The number of guanidine groups is 1. The first-order chi connectivity index (χ1) is 13.2. The molecule has 156 valence electrons. The van der Waals surface area contributed by atoms with Crippen molar-refractivity contribution in [3.05, 3.63) is 35.4 Å². The molecule has 1 atom stereocenters. The number of carbonyl (C=O) groups is 1.